The van der Waals surface area contributed by atoms with Crippen LogP contribution in [-0.2, 0) is 20.4 Å². The Kier molecular flexibility index (Phi) is 6.14. The number of fused-ring (bicyclic) bond motifs is 1. The Morgan fingerprint density at radius 3 is 2.78 bits per heavy atom. The first-order valence-electron chi connectivity index (χ1n) is 9.62. The van der Waals surface area contributed by atoms with Crippen LogP contribution in [0.3, 0.4) is 0 Å². The fraction of sp³-hybridized carbons (Fsp3) is 0.389. The zero-order valence-electron chi connectivity index (χ0n) is 16.9. The third-order valence-electron chi connectivity index (χ3n) is 5.20. The lowest BCUT2D eigenvalue weighted by molar-refractivity contribution is -0.0504. The number of aryl methyl sites for hydroxylation is 1. The molecule has 4 atom stereocenters. The van der Waals surface area contributed by atoms with E-state index in [1.807, 2.05) is 25.1 Å². The van der Waals surface area contributed by atoms with Gasteiger partial charge in [0.25, 0.3) is 0 Å². The van der Waals surface area contributed by atoms with E-state index in [1.54, 1.807) is 0 Å². The summed E-state index contributed by atoms with van der Waals surface area (Å²) in [5, 5.41) is 23.8. The minimum absolute atomic E-state index is 0.333. The number of phosphoric ester groups is 1. The molecule has 0 bridgehead atoms. The van der Waals surface area contributed by atoms with Crippen LogP contribution in [0.25, 0.3) is 11.2 Å². The summed E-state index contributed by atoms with van der Waals surface area (Å²) < 4.78 is 22.3. The van der Waals surface area contributed by atoms with Gasteiger partial charge in [-0.2, -0.15) is 0 Å². The number of nitrogens with two attached hydrogens (primary N) is 1. The molecule has 0 aliphatic carbocycles. The average molecular weight is 466 g/mol. The Labute approximate surface area is 182 Å². The minimum atomic E-state index is -4.76. The van der Waals surface area contributed by atoms with Gasteiger partial charge >= 0.3 is 7.82 Å². The number of aliphatic hydroxyl groups is 2. The first-order chi connectivity index (χ1) is 15.1. The number of rotatable bonds is 7. The fourth-order valence-electron chi connectivity index (χ4n) is 3.50. The number of hydrogen-bond donors (Lipinski definition) is 6. The van der Waals surface area contributed by atoms with Crippen molar-refractivity contribution in [3.8, 4) is 0 Å². The molecule has 1 aromatic carbocycles. The first kappa shape index (κ1) is 22.6. The molecule has 14 heteroatoms. The van der Waals surface area contributed by atoms with Gasteiger partial charge in [-0.05, 0) is 30.2 Å². The molecule has 0 saturated carbocycles. The Hall–Kier alpha value is -2.64. The number of benzene rings is 1. The number of nitrogen functional groups attached to an aromatic ring is 1. The summed E-state index contributed by atoms with van der Waals surface area (Å²) in [7, 11) is -4.76. The van der Waals surface area contributed by atoms with Crippen molar-refractivity contribution in [2.24, 2.45) is 0 Å². The van der Waals surface area contributed by atoms with Crippen molar-refractivity contribution in [2.45, 2.75) is 38.0 Å². The van der Waals surface area contributed by atoms with Gasteiger partial charge in [-0.15, -0.1) is 0 Å². The number of nitrogens with zero attached hydrogens (tertiary/aromatic N) is 4. The van der Waals surface area contributed by atoms with Crippen LogP contribution in [0.1, 0.15) is 17.4 Å². The van der Waals surface area contributed by atoms with E-state index in [4.69, 9.17) is 20.3 Å². The highest BCUT2D eigenvalue weighted by atomic mass is 31.2. The number of anilines is 2. The fourth-order valence-corrected chi connectivity index (χ4v) is 3.84. The lowest BCUT2D eigenvalue weighted by atomic mass is 10.1. The average Bonchev–Trinajstić information content (AvgIpc) is 3.28. The second kappa shape index (κ2) is 8.71. The SMILES string of the molecule is Cc1ccc(N)cc1CNc1ncnc2c1ncn2[C@@H]1O[C@H](COP(=O)(O)O)[C@@H](O)[C@H]1O. The Bertz CT molecular complexity index is 1170. The van der Waals surface area contributed by atoms with Crippen LogP contribution in [0.2, 0.25) is 0 Å². The predicted octanol–water partition coefficient (Wildman–Crippen LogP) is 0.0575. The van der Waals surface area contributed by atoms with Gasteiger partial charge in [0.05, 0.1) is 12.9 Å². The number of phosphoric acid groups is 1. The standard InChI is InChI=1S/C18H23N6O7P/c1-9-2-3-11(19)4-10(9)5-20-16-13-17(22-7-21-16)24(8-23-13)18-15(26)14(25)12(31-18)6-30-32(27,28)29/h2-4,7-8,12,14-15,18,25-26H,5-6,19H2,1H3,(H,20,21,22)(H2,27,28,29)/t12-,14-,15-,18-/m1/s1. The van der Waals surface area contributed by atoms with Crippen molar-refractivity contribution in [3.05, 3.63) is 42.0 Å². The predicted molar refractivity (Wildman–Crippen MR) is 112 cm³/mol. The van der Waals surface area contributed by atoms with E-state index in [1.165, 1.54) is 17.2 Å². The van der Waals surface area contributed by atoms with E-state index in [0.29, 0.717) is 29.2 Å². The van der Waals surface area contributed by atoms with Gasteiger partial charge in [-0.1, -0.05) is 6.07 Å². The topological polar surface area (TPSA) is 198 Å². The van der Waals surface area contributed by atoms with E-state index in [0.717, 1.165) is 11.1 Å². The van der Waals surface area contributed by atoms with Crippen LogP contribution in [0, 0.1) is 6.92 Å². The van der Waals surface area contributed by atoms with Gasteiger partial charge < -0.3 is 35.8 Å². The molecule has 32 heavy (non-hydrogen) atoms. The maximum Gasteiger partial charge on any atom is 0.469 e. The van der Waals surface area contributed by atoms with Crippen molar-refractivity contribution < 1.29 is 33.8 Å². The number of aromatic nitrogens is 4. The third-order valence-corrected chi connectivity index (χ3v) is 5.68. The summed E-state index contributed by atoms with van der Waals surface area (Å²) in [5.41, 5.74) is 9.30. The molecule has 13 nitrogen and oxygen atoms in total. The zero-order valence-corrected chi connectivity index (χ0v) is 17.8. The lowest BCUT2D eigenvalue weighted by Gasteiger charge is -2.16. The summed E-state index contributed by atoms with van der Waals surface area (Å²) in [4.78, 5) is 30.5. The van der Waals surface area contributed by atoms with E-state index in [2.05, 4.69) is 24.8 Å². The number of ether oxygens (including phenoxy) is 1. The highest BCUT2D eigenvalue weighted by molar-refractivity contribution is 7.46. The van der Waals surface area contributed by atoms with Crippen LogP contribution in [-0.4, -0.2) is 64.4 Å². The molecule has 1 aliphatic rings. The highest BCUT2D eigenvalue weighted by Gasteiger charge is 2.45. The molecule has 1 aliphatic heterocycles. The molecule has 7 N–H and O–H groups in total. The molecule has 0 radical (unpaired) electrons. The van der Waals surface area contributed by atoms with E-state index >= 15 is 0 Å². The molecule has 4 rings (SSSR count). The number of aliphatic hydroxyl groups excluding tert-OH is 2. The molecule has 3 heterocycles. The Morgan fingerprint density at radius 1 is 1.25 bits per heavy atom. The number of nitrogens with one attached hydrogen (secondary N) is 1. The summed E-state index contributed by atoms with van der Waals surface area (Å²) >= 11 is 0. The number of imidazole rings is 1. The normalized spacial score (nSPS) is 23.7. The van der Waals surface area contributed by atoms with Gasteiger partial charge in [0.2, 0.25) is 0 Å². The van der Waals surface area contributed by atoms with Crippen LogP contribution >= 0.6 is 7.82 Å². The molecule has 1 saturated heterocycles. The Balaban J connectivity index is 1.55. The van der Waals surface area contributed by atoms with E-state index in [-0.39, 0.29) is 0 Å². The smallest absolute Gasteiger partial charge is 0.399 e. The second-order valence-electron chi connectivity index (χ2n) is 7.42. The highest BCUT2D eigenvalue weighted by Crippen LogP contribution is 2.39. The summed E-state index contributed by atoms with van der Waals surface area (Å²) in [6, 6.07) is 5.61. The molecule has 0 spiro atoms. The van der Waals surface area contributed by atoms with Crippen LogP contribution in [0.15, 0.2) is 30.9 Å². The lowest BCUT2D eigenvalue weighted by Crippen LogP contribution is -2.33. The molecule has 2 aromatic heterocycles. The van der Waals surface area contributed by atoms with Gasteiger partial charge in [0.15, 0.2) is 23.2 Å². The largest absolute Gasteiger partial charge is 0.469 e. The van der Waals surface area contributed by atoms with Crippen LogP contribution < -0.4 is 11.1 Å². The van der Waals surface area contributed by atoms with Crippen molar-refractivity contribution in [3.63, 3.8) is 0 Å². The quantitative estimate of drug-likeness (QED) is 0.202. The number of hydrogen-bond acceptors (Lipinski definition) is 10. The molecular weight excluding hydrogens is 443 g/mol. The van der Waals surface area contributed by atoms with E-state index in [9.17, 15) is 14.8 Å². The van der Waals surface area contributed by atoms with Crippen molar-refractivity contribution >= 4 is 30.5 Å². The molecule has 172 valence electrons. The van der Waals surface area contributed by atoms with Crippen LogP contribution in [0.4, 0.5) is 11.5 Å². The maximum atomic E-state index is 10.9. The van der Waals surface area contributed by atoms with Gasteiger partial charge in [-0.25, -0.2) is 19.5 Å². The monoisotopic (exact) mass is 466 g/mol. The van der Waals surface area contributed by atoms with Crippen molar-refractivity contribution in [2.75, 3.05) is 17.7 Å². The maximum absolute atomic E-state index is 10.9. The summed E-state index contributed by atoms with van der Waals surface area (Å²) in [6.07, 6.45) is -2.40. The van der Waals surface area contributed by atoms with Gasteiger partial charge in [-0.3, -0.25) is 9.09 Å². The minimum Gasteiger partial charge on any atom is -0.399 e. The van der Waals surface area contributed by atoms with Gasteiger partial charge in [0.1, 0.15) is 24.6 Å². The Morgan fingerprint density at radius 2 is 2.03 bits per heavy atom. The molecule has 0 unspecified atom stereocenters. The summed E-state index contributed by atoms with van der Waals surface area (Å²) in [5.74, 6) is 0.449. The van der Waals surface area contributed by atoms with Gasteiger partial charge in [0, 0.05) is 12.2 Å². The third kappa shape index (κ3) is 4.59. The summed E-state index contributed by atoms with van der Waals surface area (Å²) in [6.45, 7) is 1.81. The molecule has 0 amide bonds. The molecule has 1 fully saturated rings. The van der Waals surface area contributed by atoms with E-state index < -0.39 is 39.0 Å². The zero-order chi connectivity index (χ0) is 23.0. The molecule has 3 aromatic rings. The van der Waals surface area contributed by atoms with Crippen molar-refractivity contribution in [1.29, 1.82) is 0 Å². The van der Waals surface area contributed by atoms with Crippen molar-refractivity contribution in [1.82, 2.24) is 19.5 Å². The second-order valence-corrected chi connectivity index (χ2v) is 8.66. The first-order valence-corrected chi connectivity index (χ1v) is 11.1. The molecular formula is C18H23N6O7P. The van der Waals surface area contributed by atoms with Crippen LogP contribution in [0.5, 0.6) is 0 Å².